The van der Waals surface area contributed by atoms with Crippen LogP contribution in [0.25, 0.3) is 0 Å². The number of carbonyl (C=O) groups is 1. The molecule has 0 bridgehead atoms. The molecule has 0 aromatic heterocycles. The van der Waals surface area contributed by atoms with Crippen molar-refractivity contribution >= 4 is 16.8 Å². The standard InChI is InChI=1S/C14H18F3NO4S/c15-14(16,17)13(21,10-4-2-1-3-5-10)7-9-23(22)8-6-11(18)12(19)20/h1-5,11,21H,6-9,18H2,(H,19,20). The van der Waals surface area contributed by atoms with Gasteiger partial charge in [-0.25, -0.2) is 0 Å². The van der Waals surface area contributed by atoms with Crippen molar-refractivity contribution in [2.75, 3.05) is 11.5 Å². The van der Waals surface area contributed by atoms with E-state index in [1.165, 1.54) is 18.2 Å². The second kappa shape index (κ2) is 7.89. The van der Waals surface area contributed by atoms with E-state index in [9.17, 15) is 27.3 Å². The van der Waals surface area contributed by atoms with Gasteiger partial charge in [0, 0.05) is 28.7 Å². The Morgan fingerprint density at radius 3 is 2.26 bits per heavy atom. The van der Waals surface area contributed by atoms with E-state index < -0.39 is 46.8 Å². The van der Waals surface area contributed by atoms with E-state index in [0.717, 1.165) is 12.1 Å². The highest BCUT2D eigenvalue weighted by Gasteiger charge is 2.54. The molecular formula is C14H18F3NO4S. The topological polar surface area (TPSA) is 101 Å². The summed E-state index contributed by atoms with van der Waals surface area (Å²) >= 11 is 0. The smallest absolute Gasteiger partial charge is 0.421 e. The van der Waals surface area contributed by atoms with Gasteiger partial charge in [0.25, 0.3) is 0 Å². The first kappa shape index (κ1) is 19.6. The van der Waals surface area contributed by atoms with Crippen LogP contribution >= 0.6 is 0 Å². The monoisotopic (exact) mass is 353 g/mol. The first-order chi connectivity index (χ1) is 10.6. The fraction of sp³-hybridized carbons (Fsp3) is 0.500. The number of hydrogen-bond acceptors (Lipinski definition) is 4. The van der Waals surface area contributed by atoms with Crippen LogP contribution in [0.15, 0.2) is 30.3 Å². The van der Waals surface area contributed by atoms with Crippen LogP contribution in [0.4, 0.5) is 13.2 Å². The Labute approximate surface area is 133 Å². The minimum atomic E-state index is -4.92. The summed E-state index contributed by atoms with van der Waals surface area (Å²) in [6.45, 7) is 0. The molecule has 0 aliphatic carbocycles. The van der Waals surface area contributed by atoms with Crippen molar-refractivity contribution in [2.24, 2.45) is 5.73 Å². The number of alkyl halides is 3. The summed E-state index contributed by atoms with van der Waals surface area (Å²) in [6, 6.07) is 5.35. The Bertz CT molecular complexity index is 553. The summed E-state index contributed by atoms with van der Waals surface area (Å²) in [5, 5.41) is 18.7. The van der Waals surface area contributed by atoms with Crippen molar-refractivity contribution in [2.45, 2.75) is 30.7 Å². The molecule has 1 aromatic rings. The second-order valence-corrected chi connectivity index (χ2v) is 6.75. The number of aliphatic carboxylic acids is 1. The molecule has 0 aliphatic rings. The van der Waals surface area contributed by atoms with Crippen LogP contribution in [0.5, 0.6) is 0 Å². The maximum atomic E-state index is 13.2. The number of aliphatic hydroxyl groups is 1. The van der Waals surface area contributed by atoms with E-state index in [1.54, 1.807) is 0 Å². The van der Waals surface area contributed by atoms with Gasteiger partial charge in [-0.05, 0) is 12.0 Å². The van der Waals surface area contributed by atoms with Crippen molar-refractivity contribution in [1.29, 1.82) is 0 Å². The summed E-state index contributed by atoms with van der Waals surface area (Å²) in [5.41, 5.74) is 1.82. The summed E-state index contributed by atoms with van der Waals surface area (Å²) in [7, 11) is -1.72. The van der Waals surface area contributed by atoms with Gasteiger partial charge in [-0.1, -0.05) is 30.3 Å². The highest BCUT2D eigenvalue weighted by molar-refractivity contribution is 7.84. The molecule has 0 heterocycles. The molecule has 0 fully saturated rings. The Balaban J connectivity index is 2.74. The Morgan fingerprint density at radius 1 is 1.22 bits per heavy atom. The Kier molecular flexibility index (Phi) is 6.72. The Morgan fingerprint density at radius 2 is 1.78 bits per heavy atom. The van der Waals surface area contributed by atoms with E-state index in [2.05, 4.69) is 0 Å². The van der Waals surface area contributed by atoms with Gasteiger partial charge >= 0.3 is 12.1 Å². The maximum absolute atomic E-state index is 13.2. The molecule has 23 heavy (non-hydrogen) atoms. The maximum Gasteiger partial charge on any atom is 0.421 e. The van der Waals surface area contributed by atoms with Crippen LogP contribution in [0, 0.1) is 0 Å². The van der Waals surface area contributed by atoms with Crippen molar-refractivity contribution in [1.82, 2.24) is 0 Å². The van der Waals surface area contributed by atoms with Crippen LogP contribution in [-0.2, 0) is 21.2 Å². The molecule has 3 atom stereocenters. The molecule has 0 amide bonds. The molecule has 4 N–H and O–H groups in total. The summed E-state index contributed by atoms with van der Waals surface area (Å²) in [6.07, 6.45) is -5.82. The van der Waals surface area contributed by atoms with Crippen LogP contribution < -0.4 is 5.73 Å². The number of carboxylic acids is 1. The average Bonchev–Trinajstić information content (AvgIpc) is 2.49. The summed E-state index contributed by atoms with van der Waals surface area (Å²) in [4.78, 5) is 10.5. The van der Waals surface area contributed by atoms with Crippen LogP contribution in [0.1, 0.15) is 18.4 Å². The lowest BCUT2D eigenvalue weighted by atomic mass is 9.90. The van der Waals surface area contributed by atoms with Crippen molar-refractivity contribution in [3.05, 3.63) is 35.9 Å². The number of nitrogens with two attached hydrogens (primary N) is 1. The number of rotatable bonds is 8. The third-order valence-electron chi connectivity index (χ3n) is 3.39. The minimum Gasteiger partial charge on any atom is -0.480 e. The first-order valence-electron chi connectivity index (χ1n) is 6.76. The van der Waals surface area contributed by atoms with Crippen molar-refractivity contribution in [3.8, 4) is 0 Å². The number of benzene rings is 1. The van der Waals surface area contributed by atoms with Gasteiger partial charge in [0.1, 0.15) is 6.04 Å². The lowest BCUT2D eigenvalue weighted by Crippen LogP contribution is -2.43. The van der Waals surface area contributed by atoms with Crippen LogP contribution in [0.2, 0.25) is 0 Å². The molecule has 3 unspecified atom stereocenters. The first-order valence-corrected chi connectivity index (χ1v) is 8.24. The molecule has 9 heteroatoms. The molecule has 0 saturated heterocycles. The van der Waals surface area contributed by atoms with Gasteiger partial charge in [0.15, 0.2) is 5.60 Å². The van der Waals surface area contributed by atoms with Gasteiger partial charge in [-0.2, -0.15) is 13.2 Å². The number of halogens is 3. The van der Waals surface area contributed by atoms with Gasteiger partial charge in [-0.3, -0.25) is 9.00 Å². The molecule has 0 aliphatic heterocycles. The lowest BCUT2D eigenvalue weighted by molar-refractivity contribution is -0.267. The molecule has 1 aromatic carbocycles. The minimum absolute atomic E-state index is 0.113. The molecule has 0 saturated carbocycles. The number of hydrogen-bond donors (Lipinski definition) is 3. The highest BCUT2D eigenvalue weighted by Crippen LogP contribution is 2.41. The normalized spacial score (nSPS) is 17.3. The predicted octanol–water partition coefficient (Wildman–Crippen LogP) is 1.38. The van der Waals surface area contributed by atoms with Crippen molar-refractivity contribution < 1.29 is 32.4 Å². The molecule has 0 radical (unpaired) electrons. The molecule has 0 spiro atoms. The summed E-state index contributed by atoms with van der Waals surface area (Å²) in [5.74, 6) is -1.83. The molecule has 5 nitrogen and oxygen atoms in total. The van der Waals surface area contributed by atoms with Gasteiger partial charge in [0.2, 0.25) is 0 Å². The molecular weight excluding hydrogens is 335 g/mol. The van der Waals surface area contributed by atoms with Crippen LogP contribution in [-0.4, -0.2) is 44.1 Å². The van der Waals surface area contributed by atoms with E-state index >= 15 is 0 Å². The zero-order valence-corrected chi connectivity index (χ0v) is 12.9. The number of carboxylic acid groups (broad SMARTS) is 1. The van der Waals surface area contributed by atoms with E-state index in [1.807, 2.05) is 0 Å². The predicted molar refractivity (Wildman–Crippen MR) is 79.1 cm³/mol. The average molecular weight is 353 g/mol. The Hall–Kier alpha value is -1.45. The highest BCUT2D eigenvalue weighted by atomic mass is 32.2. The zero-order valence-electron chi connectivity index (χ0n) is 12.1. The fourth-order valence-corrected chi connectivity index (χ4v) is 3.15. The van der Waals surface area contributed by atoms with Crippen molar-refractivity contribution in [3.63, 3.8) is 0 Å². The lowest BCUT2D eigenvalue weighted by Gasteiger charge is -2.31. The van der Waals surface area contributed by atoms with Gasteiger partial charge < -0.3 is 15.9 Å². The van der Waals surface area contributed by atoms with Gasteiger partial charge in [-0.15, -0.1) is 0 Å². The van der Waals surface area contributed by atoms with E-state index in [4.69, 9.17) is 10.8 Å². The molecule has 1 rings (SSSR count). The fourth-order valence-electron chi connectivity index (χ4n) is 1.91. The second-order valence-electron chi connectivity index (χ2n) is 5.06. The quantitative estimate of drug-likeness (QED) is 0.655. The van der Waals surface area contributed by atoms with E-state index in [0.29, 0.717) is 0 Å². The largest absolute Gasteiger partial charge is 0.480 e. The SMILES string of the molecule is NC(CCS(=O)CCC(O)(c1ccccc1)C(F)(F)F)C(=O)O. The van der Waals surface area contributed by atoms with Gasteiger partial charge in [0.05, 0.1) is 0 Å². The zero-order chi connectivity index (χ0) is 17.7. The third-order valence-corrected chi connectivity index (χ3v) is 4.74. The van der Waals surface area contributed by atoms with Crippen LogP contribution in [0.3, 0.4) is 0 Å². The third kappa shape index (κ3) is 5.29. The summed E-state index contributed by atoms with van der Waals surface area (Å²) < 4.78 is 51.4. The van der Waals surface area contributed by atoms with E-state index in [-0.39, 0.29) is 17.7 Å². The molecule has 130 valence electrons.